The van der Waals surface area contributed by atoms with Crippen molar-refractivity contribution in [2.45, 2.75) is 29.6 Å². The van der Waals surface area contributed by atoms with E-state index in [1.807, 2.05) is 6.92 Å². The number of rotatable bonds is 11. The standard InChI is InChI=1S/C20H22FN5O5S3/c1-14-2-6-16(7-3-14)33(28,29)23-13-11-19-25-26-20(32-19)24-18(27)10-12-22-34(30,31)17-8-4-15(21)5-9-17/h2-9,22-23H,10-13H2,1H3,(H,24,26,27). The summed E-state index contributed by atoms with van der Waals surface area (Å²) in [5.74, 6) is -1.04. The van der Waals surface area contributed by atoms with Crippen molar-refractivity contribution in [3.8, 4) is 0 Å². The molecule has 0 spiro atoms. The Morgan fingerprint density at radius 1 is 0.882 bits per heavy atom. The molecule has 0 radical (unpaired) electrons. The van der Waals surface area contributed by atoms with Gasteiger partial charge in [-0.25, -0.2) is 30.7 Å². The number of aryl methyl sites for hydroxylation is 1. The minimum Gasteiger partial charge on any atom is -0.300 e. The van der Waals surface area contributed by atoms with E-state index >= 15 is 0 Å². The lowest BCUT2D eigenvalue weighted by molar-refractivity contribution is -0.116. The van der Waals surface area contributed by atoms with Gasteiger partial charge in [0, 0.05) is 25.9 Å². The maximum absolute atomic E-state index is 12.9. The second-order valence-corrected chi connectivity index (χ2v) is 11.7. The number of carbonyl (C=O) groups is 1. The molecule has 3 N–H and O–H groups in total. The maximum atomic E-state index is 12.9. The highest BCUT2D eigenvalue weighted by atomic mass is 32.2. The summed E-state index contributed by atoms with van der Waals surface area (Å²) in [5.41, 5.74) is 0.952. The van der Waals surface area contributed by atoms with Gasteiger partial charge in [-0.1, -0.05) is 29.0 Å². The first-order chi connectivity index (χ1) is 16.0. The lowest BCUT2D eigenvalue weighted by Crippen LogP contribution is -2.27. The van der Waals surface area contributed by atoms with Gasteiger partial charge in [-0.2, -0.15) is 0 Å². The number of benzene rings is 2. The molecule has 1 amide bonds. The summed E-state index contributed by atoms with van der Waals surface area (Å²) in [6.45, 7) is 1.80. The van der Waals surface area contributed by atoms with Crippen molar-refractivity contribution < 1.29 is 26.0 Å². The van der Waals surface area contributed by atoms with Crippen LogP contribution in [-0.2, 0) is 31.3 Å². The number of nitrogens with one attached hydrogen (secondary N) is 3. The number of hydrogen-bond donors (Lipinski definition) is 3. The molecule has 10 nitrogen and oxygen atoms in total. The Balaban J connectivity index is 1.43. The molecule has 14 heteroatoms. The Hall–Kier alpha value is -2.78. The van der Waals surface area contributed by atoms with Gasteiger partial charge in [0.05, 0.1) is 9.79 Å². The van der Waals surface area contributed by atoms with Gasteiger partial charge in [0.25, 0.3) is 0 Å². The first-order valence-electron chi connectivity index (χ1n) is 9.99. The van der Waals surface area contributed by atoms with E-state index in [2.05, 4.69) is 25.0 Å². The van der Waals surface area contributed by atoms with E-state index in [4.69, 9.17) is 0 Å². The van der Waals surface area contributed by atoms with Gasteiger partial charge >= 0.3 is 0 Å². The number of carbonyl (C=O) groups excluding carboxylic acids is 1. The summed E-state index contributed by atoms with van der Waals surface area (Å²) < 4.78 is 66.5. The molecule has 0 bridgehead atoms. The Morgan fingerprint density at radius 2 is 1.44 bits per heavy atom. The summed E-state index contributed by atoms with van der Waals surface area (Å²) >= 11 is 1.08. The smallest absolute Gasteiger partial charge is 0.240 e. The third kappa shape index (κ3) is 7.36. The molecule has 3 aromatic rings. The van der Waals surface area contributed by atoms with Gasteiger partial charge in [0.15, 0.2) is 0 Å². The Bertz CT molecular complexity index is 1340. The van der Waals surface area contributed by atoms with Crippen LogP contribution >= 0.6 is 11.3 Å². The van der Waals surface area contributed by atoms with E-state index in [0.717, 1.165) is 41.2 Å². The molecule has 0 aliphatic rings. The third-order valence-corrected chi connectivity index (χ3v) is 8.30. The van der Waals surface area contributed by atoms with Gasteiger partial charge in [0.2, 0.25) is 31.1 Å². The topological polar surface area (TPSA) is 147 Å². The van der Waals surface area contributed by atoms with Crippen LogP contribution in [0.3, 0.4) is 0 Å². The second-order valence-electron chi connectivity index (χ2n) is 7.11. The molecule has 0 unspecified atom stereocenters. The lowest BCUT2D eigenvalue weighted by Gasteiger charge is -2.06. The summed E-state index contributed by atoms with van der Waals surface area (Å²) in [6.07, 6.45) is 0.113. The average Bonchev–Trinajstić information content (AvgIpc) is 3.21. The van der Waals surface area contributed by atoms with Crippen molar-refractivity contribution in [3.05, 3.63) is 64.9 Å². The molecule has 34 heavy (non-hydrogen) atoms. The zero-order valence-electron chi connectivity index (χ0n) is 18.0. The van der Waals surface area contributed by atoms with Crippen LogP contribution in [0.15, 0.2) is 58.3 Å². The minimum atomic E-state index is -3.86. The number of anilines is 1. The van der Waals surface area contributed by atoms with Crippen LogP contribution in [0.1, 0.15) is 17.0 Å². The molecule has 0 fully saturated rings. The normalized spacial score (nSPS) is 11.9. The minimum absolute atomic E-state index is 0.101. The van der Waals surface area contributed by atoms with Crippen LogP contribution in [0, 0.1) is 12.7 Å². The molecule has 0 atom stereocenters. The molecular weight excluding hydrogens is 505 g/mol. The van der Waals surface area contributed by atoms with E-state index in [1.54, 1.807) is 12.1 Å². The zero-order chi connectivity index (χ0) is 24.8. The molecule has 0 saturated heterocycles. The summed E-state index contributed by atoms with van der Waals surface area (Å²) in [7, 11) is -7.51. The van der Waals surface area contributed by atoms with Crippen molar-refractivity contribution in [2.24, 2.45) is 0 Å². The Morgan fingerprint density at radius 3 is 2.06 bits per heavy atom. The van der Waals surface area contributed by atoms with Crippen molar-refractivity contribution in [3.63, 3.8) is 0 Å². The van der Waals surface area contributed by atoms with Crippen LogP contribution < -0.4 is 14.8 Å². The number of nitrogens with zero attached hydrogens (tertiary/aromatic N) is 2. The van der Waals surface area contributed by atoms with Crippen molar-refractivity contribution in [2.75, 3.05) is 18.4 Å². The molecule has 0 saturated carbocycles. The predicted molar refractivity (Wildman–Crippen MR) is 125 cm³/mol. The molecule has 1 heterocycles. The Kier molecular flexibility index (Phi) is 8.43. The molecule has 2 aromatic carbocycles. The Labute approximate surface area is 200 Å². The SMILES string of the molecule is Cc1ccc(S(=O)(=O)NCCc2nnc(NC(=O)CCNS(=O)(=O)c3ccc(F)cc3)s2)cc1. The first kappa shape index (κ1) is 25.8. The fourth-order valence-electron chi connectivity index (χ4n) is 2.68. The summed E-state index contributed by atoms with van der Waals surface area (Å²) in [4.78, 5) is 12.1. The lowest BCUT2D eigenvalue weighted by atomic mass is 10.2. The van der Waals surface area contributed by atoms with E-state index in [1.165, 1.54) is 12.1 Å². The van der Waals surface area contributed by atoms with Gasteiger partial charge < -0.3 is 5.32 Å². The van der Waals surface area contributed by atoms with Gasteiger partial charge in [0.1, 0.15) is 10.8 Å². The fraction of sp³-hybridized carbons (Fsp3) is 0.250. The molecule has 0 aliphatic carbocycles. The van der Waals surface area contributed by atoms with Crippen LogP contribution in [0.2, 0.25) is 0 Å². The van der Waals surface area contributed by atoms with Crippen molar-refractivity contribution in [1.82, 2.24) is 19.6 Å². The average molecular weight is 528 g/mol. The summed E-state index contributed by atoms with van der Waals surface area (Å²) in [6, 6.07) is 10.8. The van der Waals surface area contributed by atoms with E-state index in [9.17, 15) is 26.0 Å². The number of aromatic nitrogens is 2. The zero-order valence-corrected chi connectivity index (χ0v) is 20.4. The van der Waals surface area contributed by atoms with Crippen molar-refractivity contribution in [1.29, 1.82) is 0 Å². The van der Waals surface area contributed by atoms with Crippen LogP contribution in [0.25, 0.3) is 0 Å². The highest BCUT2D eigenvalue weighted by Crippen LogP contribution is 2.16. The van der Waals surface area contributed by atoms with Gasteiger partial charge in [-0.05, 0) is 43.3 Å². The number of hydrogen-bond acceptors (Lipinski definition) is 8. The quantitative estimate of drug-likeness (QED) is 0.345. The number of sulfonamides is 2. The van der Waals surface area contributed by atoms with Crippen LogP contribution in [0.4, 0.5) is 9.52 Å². The van der Waals surface area contributed by atoms with E-state index in [-0.39, 0.29) is 40.9 Å². The van der Waals surface area contributed by atoms with Crippen LogP contribution in [0.5, 0.6) is 0 Å². The monoisotopic (exact) mass is 527 g/mol. The van der Waals surface area contributed by atoms with E-state index in [0.29, 0.717) is 5.01 Å². The molecular formula is C20H22FN5O5S3. The van der Waals surface area contributed by atoms with Gasteiger partial charge in [-0.15, -0.1) is 10.2 Å². The fourth-order valence-corrected chi connectivity index (χ4v) is 5.50. The third-order valence-electron chi connectivity index (χ3n) is 4.44. The van der Waals surface area contributed by atoms with Crippen LogP contribution in [-0.4, -0.2) is 46.0 Å². The van der Waals surface area contributed by atoms with E-state index < -0.39 is 31.8 Å². The molecule has 3 rings (SSSR count). The van der Waals surface area contributed by atoms with Crippen molar-refractivity contribution >= 4 is 42.4 Å². The number of halogens is 1. The molecule has 182 valence electrons. The number of amides is 1. The predicted octanol–water partition coefficient (Wildman–Crippen LogP) is 1.81. The highest BCUT2D eigenvalue weighted by molar-refractivity contribution is 7.89. The largest absolute Gasteiger partial charge is 0.300 e. The maximum Gasteiger partial charge on any atom is 0.240 e. The first-order valence-corrected chi connectivity index (χ1v) is 13.8. The molecule has 0 aliphatic heterocycles. The summed E-state index contributed by atoms with van der Waals surface area (Å²) in [5, 5.41) is 11.0. The highest BCUT2D eigenvalue weighted by Gasteiger charge is 2.16. The van der Waals surface area contributed by atoms with Gasteiger partial charge in [-0.3, -0.25) is 4.79 Å². The molecule has 1 aromatic heterocycles. The second kappa shape index (κ2) is 11.1.